The maximum Gasteiger partial charge on any atom is 0.254 e. The number of morpholine rings is 1. The molecule has 1 unspecified atom stereocenters. The summed E-state index contributed by atoms with van der Waals surface area (Å²) in [7, 11) is 0. The number of hydrogen-bond donors (Lipinski definition) is 1. The van der Waals surface area contributed by atoms with E-state index in [1.807, 2.05) is 66.2 Å². The Bertz CT molecular complexity index is 1020. The Morgan fingerprint density at radius 3 is 2.55 bits per heavy atom. The number of halogens is 1. The fourth-order valence-electron chi connectivity index (χ4n) is 4.05. The third-order valence-electron chi connectivity index (χ3n) is 5.66. The third kappa shape index (κ3) is 4.82. The predicted octanol–water partition coefficient (Wildman–Crippen LogP) is 3.89. The van der Waals surface area contributed by atoms with E-state index in [4.69, 9.17) is 16.3 Å². The average molecular weight is 439 g/mol. The summed E-state index contributed by atoms with van der Waals surface area (Å²) in [5.41, 5.74) is 3.46. The van der Waals surface area contributed by atoms with E-state index in [1.165, 1.54) is 0 Å². The van der Waals surface area contributed by atoms with Crippen molar-refractivity contribution >= 4 is 17.5 Å². The lowest BCUT2D eigenvalue weighted by Crippen LogP contribution is -2.44. The number of nitrogens with zero attached hydrogens (tertiary/aromatic N) is 3. The fraction of sp³-hybridized carbons (Fsp3) is 0.333. The van der Waals surface area contributed by atoms with E-state index < -0.39 is 0 Å². The van der Waals surface area contributed by atoms with Crippen molar-refractivity contribution in [3.8, 4) is 5.69 Å². The molecule has 1 aromatic heterocycles. The minimum atomic E-state index is -0.121. The molecule has 1 aliphatic rings. The number of ether oxygens (including phenoxy) is 1. The van der Waals surface area contributed by atoms with Crippen LogP contribution in [0.5, 0.6) is 0 Å². The molecule has 1 N–H and O–H groups in total. The van der Waals surface area contributed by atoms with Gasteiger partial charge < -0.3 is 10.1 Å². The summed E-state index contributed by atoms with van der Waals surface area (Å²) in [4.78, 5) is 15.5. The van der Waals surface area contributed by atoms with Gasteiger partial charge in [0.2, 0.25) is 0 Å². The van der Waals surface area contributed by atoms with Crippen LogP contribution in [-0.2, 0) is 11.2 Å². The van der Waals surface area contributed by atoms with E-state index in [2.05, 4.69) is 15.3 Å². The van der Waals surface area contributed by atoms with Crippen LogP contribution in [0.4, 0.5) is 0 Å². The topological polar surface area (TPSA) is 59.4 Å². The number of amides is 1. The van der Waals surface area contributed by atoms with Gasteiger partial charge in [0.1, 0.15) is 0 Å². The molecule has 2 heterocycles. The molecule has 2 aromatic carbocycles. The first-order valence-corrected chi connectivity index (χ1v) is 11.0. The first-order valence-electron chi connectivity index (χ1n) is 10.7. The van der Waals surface area contributed by atoms with Gasteiger partial charge in [0.15, 0.2) is 0 Å². The summed E-state index contributed by atoms with van der Waals surface area (Å²) in [5.74, 6) is -0.121. The van der Waals surface area contributed by atoms with E-state index >= 15 is 0 Å². The molecule has 1 saturated heterocycles. The molecule has 0 saturated carbocycles. The Kier molecular flexibility index (Phi) is 7.02. The Morgan fingerprint density at radius 2 is 1.84 bits per heavy atom. The molecule has 7 heteroatoms. The van der Waals surface area contributed by atoms with E-state index in [0.29, 0.717) is 36.8 Å². The number of nitrogens with one attached hydrogen (secondary N) is 1. The SMILES string of the molecule is CCc1c(C(=O)NCC(c2ccccc2Cl)N2CCOCC2)cnn1-c1ccccc1. The van der Waals surface area contributed by atoms with Gasteiger partial charge in [0.05, 0.1) is 42.4 Å². The number of aromatic nitrogens is 2. The number of para-hydroxylation sites is 1. The summed E-state index contributed by atoms with van der Waals surface area (Å²) in [6.45, 7) is 5.46. The van der Waals surface area contributed by atoms with Gasteiger partial charge in [-0.1, -0.05) is 54.9 Å². The van der Waals surface area contributed by atoms with Crippen molar-refractivity contribution in [3.05, 3.63) is 82.6 Å². The number of rotatable bonds is 7. The lowest BCUT2D eigenvalue weighted by atomic mass is 10.0. The standard InChI is InChI=1S/C24H27ClN4O2/c1-2-22-20(16-27-29(22)18-8-4-3-5-9-18)24(30)26-17-23(28-12-14-31-15-13-28)19-10-6-7-11-21(19)25/h3-11,16,23H,2,12-15,17H2,1H3,(H,26,30). The number of carbonyl (C=O) groups is 1. The Labute approximate surface area is 187 Å². The van der Waals surface area contributed by atoms with Crippen LogP contribution in [0, 0.1) is 0 Å². The zero-order chi connectivity index (χ0) is 21.6. The Morgan fingerprint density at radius 1 is 1.13 bits per heavy atom. The Balaban J connectivity index is 1.54. The van der Waals surface area contributed by atoms with E-state index in [0.717, 1.165) is 30.0 Å². The van der Waals surface area contributed by atoms with Gasteiger partial charge in [-0.25, -0.2) is 4.68 Å². The lowest BCUT2D eigenvalue weighted by molar-refractivity contribution is 0.0162. The number of hydrogen-bond acceptors (Lipinski definition) is 4. The van der Waals surface area contributed by atoms with Gasteiger partial charge in [-0.2, -0.15) is 5.10 Å². The molecule has 162 valence electrons. The largest absolute Gasteiger partial charge is 0.379 e. The molecule has 1 fully saturated rings. The maximum absolute atomic E-state index is 13.1. The zero-order valence-electron chi connectivity index (χ0n) is 17.6. The molecular formula is C24H27ClN4O2. The van der Waals surface area contributed by atoms with Gasteiger partial charge in [0, 0.05) is 24.7 Å². The van der Waals surface area contributed by atoms with Gasteiger partial charge in [-0.3, -0.25) is 9.69 Å². The second-order valence-corrected chi connectivity index (χ2v) is 7.91. The second-order valence-electron chi connectivity index (χ2n) is 7.50. The Hall–Kier alpha value is -2.67. The van der Waals surface area contributed by atoms with Crippen molar-refractivity contribution in [1.82, 2.24) is 20.0 Å². The molecule has 1 atom stereocenters. The molecule has 1 aliphatic heterocycles. The van der Waals surface area contributed by atoms with Gasteiger partial charge >= 0.3 is 0 Å². The predicted molar refractivity (Wildman–Crippen MR) is 122 cm³/mol. The van der Waals surface area contributed by atoms with E-state index in [-0.39, 0.29) is 11.9 Å². The van der Waals surface area contributed by atoms with Crippen molar-refractivity contribution in [1.29, 1.82) is 0 Å². The highest BCUT2D eigenvalue weighted by Gasteiger charge is 2.26. The van der Waals surface area contributed by atoms with Crippen molar-refractivity contribution in [2.45, 2.75) is 19.4 Å². The van der Waals surface area contributed by atoms with Crippen molar-refractivity contribution in [2.24, 2.45) is 0 Å². The monoisotopic (exact) mass is 438 g/mol. The van der Waals surface area contributed by atoms with Crippen LogP contribution in [0.1, 0.15) is 34.6 Å². The molecule has 0 spiro atoms. The van der Waals surface area contributed by atoms with Crippen molar-refractivity contribution < 1.29 is 9.53 Å². The van der Waals surface area contributed by atoms with Crippen LogP contribution in [0.15, 0.2) is 60.8 Å². The highest BCUT2D eigenvalue weighted by Crippen LogP contribution is 2.28. The average Bonchev–Trinajstić information content (AvgIpc) is 3.26. The van der Waals surface area contributed by atoms with Crippen molar-refractivity contribution in [3.63, 3.8) is 0 Å². The molecule has 6 nitrogen and oxygen atoms in total. The lowest BCUT2D eigenvalue weighted by Gasteiger charge is -2.35. The highest BCUT2D eigenvalue weighted by molar-refractivity contribution is 6.31. The van der Waals surface area contributed by atoms with Gasteiger partial charge in [0.25, 0.3) is 5.91 Å². The quantitative estimate of drug-likeness (QED) is 0.608. The fourth-order valence-corrected chi connectivity index (χ4v) is 4.31. The summed E-state index contributed by atoms with van der Waals surface area (Å²) in [5, 5.41) is 8.31. The first kappa shape index (κ1) is 21.6. The normalized spacial score (nSPS) is 15.5. The van der Waals surface area contributed by atoms with Crippen LogP contribution in [0.3, 0.4) is 0 Å². The minimum absolute atomic E-state index is 0.0178. The smallest absolute Gasteiger partial charge is 0.254 e. The molecular weight excluding hydrogens is 412 g/mol. The number of benzene rings is 2. The summed E-state index contributed by atoms with van der Waals surface area (Å²) >= 11 is 6.51. The van der Waals surface area contributed by atoms with Crippen molar-refractivity contribution in [2.75, 3.05) is 32.8 Å². The molecule has 0 aliphatic carbocycles. The van der Waals surface area contributed by atoms with Gasteiger partial charge in [-0.05, 0) is 30.2 Å². The highest BCUT2D eigenvalue weighted by atomic mass is 35.5. The van der Waals surface area contributed by atoms with Crippen LogP contribution < -0.4 is 5.32 Å². The van der Waals surface area contributed by atoms with Gasteiger partial charge in [-0.15, -0.1) is 0 Å². The molecule has 4 rings (SSSR count). The first-order chi connectivity index (χ1) is 15.2. The van der Waals surface area contributed by atoms with E-state index in [9.17, 15) is 4.79 Å². The van der Waals surface area contributed by atoms with E-state index in [1.54, 1.807) is 6.20 Å². The molecule has 3 aromatic rings. The summed E-state index contributed by atoms with van der Waals surface area (Å²) in [6.07, 6.45) is 2.36. The summed E-state index contributed by atoms with van der Waals surface area (Å²) < 4.78 is 7.35. The zero-order valence-corrected chi connectivity index (χ0v) is 18.4. The third-order valence-corrected chi connectivity index (χ3v) is 6.00. The molecule has 1 amide bonds. The second kappa shape index (κ2) is 10.1. The molecule has 31 heavy (non-hydrogen) atoms. The molecule has 0 bridgehead atoms. The van der Waals surface area contributed by atoms with Crippen LogP contribution >= 0.6 is 11.6 Å². The van der Waals surface area contributed by atoms with Crippen LogP contribution in [0.25, 0.3) is 5.69 Å². The van der Waals surface area contributed by atoms with Crippen LogP contribution in [-0.4, -0.2) is 53.4 Å². The minimum Gasteiger partial charge on any atom is -0.379 e. The summed E-state index contributed by atoms with van der Waals surface area (Å²) in [6, 6.07) is 17.7. The maximum atomic E-state index is 13.1. The van der Waals surface area contributed by atoms with Crippen LogP contribution in [0.2, 0.25) is 5.02 Å². The molecule has 0 radical (unpaired) electrons. The number of carbonyl (C=O) groups excluding carboxylic acids is 1.